The van der Waals surface area contributed by atoms with E-state index in [-0.39, 0.29) is 6.61 Å². The first-order chi connectivity index (χ1) is 5.20. The first kappa shape index (κ1) is 8.45. The summed E-state index contributed by atoms with van der Waals surface area (Å²) in [5.74, 6) is -0.740. The second-order valence-corrected chi connectivity index (χ2v) is 2.30. The molecule has 3 atom stereocenters. The molecule has 0 unspecified atom stereocenters. The van der Waals surface area contributed by atoms with E-state index in [1.807, 2.05) is 0 Å². The highest BCUT2D eigenvalue weighted by Gasteiger charge is 2.43. The number of carbonyl (C=O) groups is 1. The van der Waals surface area contributed by atoms with Crippen LogP contribution in [0.25, 0.3) is 0 Å². The molecule has 11 heavy (non-hydrogen) atoms. The van der Waals surface area contributed by atoms with Gasteiger partial charge >= 0.3 is 5.97 Å². The maximum atomic E-state index is 10.6. The van der Waals surface area contributed by atoms with Crippen molar-refractivity contribution in [1.29, 1.82) is 0 Å². The molecule has 0 saturated carbocycles. The third-order valence-corrected chi connectivity index (χ3v) is 1.64. The van der Waals surface area contributed by atoms with Crippen molar-refractivity contribution >= 4 is 5.97 Å². The lowest BCUT2D eigenvalue weighted by molar-refractivity contribution is -0.148. The third-order valence-electron chi connectivity index (χ3n) is 1.64. The van der Waals surface area contributed by atoms with Crippen LogP contribution in [-0.2, 0) is 14.3 Å². The van der Waals surface area contributed by atoms with Crippen molar-refractivity contribution in [3.05, 3.63) is 0 Å². The Morgan fingerprint density at radius 3 is 2.73 bits per heavy atom. The van der Waals surface area contributed by atoms with Crippen LogP contribution in [0.4, 0.5) is 0 Å². The van der Waals surface area contributed by atoms with E-state index in [4.69, 9.17) is 14.9 Å². The number of aliphatic hydroxyl groups excluding tert-OH is 2. The van der Waals surface area contributed by atoms with Crippen LogP contribution >= 0.6 is 0 Å². The molecule has 2 N–H and O–H groups in total. The van der Waals surface area contributed by atoms with Crippen LogP contribution in [0.5, 0.6) is 0 Å². The molecule has 5 nitrogen and oxygen atoms in total. The zero-order valence-electron chi connectivity index (χ0n) is 6.06. The monoisotopic (exact) mass is 162 g/mol. The van der Waals surface area contributed by atoms with Crippen molar-refractivity contribution in [3.63, 3.8) is 0 Å². The van der Waals surface area contributed by atoms with Gasteiger partial charge in [-0.1, -0.05) is 0 Å². The summed E-state index contributed by atoms with van der Waals surface area (Å²) in [6, 6.07) is 0. The molecule has 1 rings (SSSR count). The van der Waals surface area contributed by atoms with Gasteiger partial charge in [-0.15, -0.1) is 0 Å². The number of ether oxygens (including phenoxy) is 2. The molecule has 5 heteroatoms. The molecule has 1 saturated heterocycles. The van der Waals surface area contributed by atoms with Crippen LogP contribution in [0.1, 0.15) is 0 Å². The van der Waals surface area contributed by atoms with Crippen LogP contribution < -0.4 is 0 Å². The Morgan fingerprint density at radius 1 is 1.73 bits per heavy atom. The van der Waals surface area contributed by atoms with Crippen molar-refractivity contribution in [2.75, 3.05) is 13.7 Å². The fourth-order valence-corrected chi connectivity index (χ4v) is 1.05. The third kappa shape index (κ3) is 1.35. The Hall–Kier alpha value is -0.650. The fraction of sp³-hybridized carbons (Fsp3) is 0.833. The number of rotatable bonds is 2. The van der Waals surface area contributed by atoms with Crippen molar-refractivity contribution in [2.24, 2.45) is 0 Å². The Balaban J connectivity index is 2.64. The highest BCUT2D eigenvalue weighted by atomic mass is 16.6. The van der Waals surface area contributed by atoms with E-state index >= 15 is 0 Å². The van der Waals surface area contributed by atoms with Gasteiger partial charge in [-0.25, -0.2) is 4.79 Å². The molecule has 0 aromatic rings. The minimum Gasteiger partial charge on any atom is -0.455 e. The maximum absolute atomic E-state index is 10.6. The normalized spacial score (nSPS) is 37.4. The van der Waals surface area contributed by atoms with E-state index in [9.17, 15) is 4.79 Å². The highest BCUT2D eigenvalue weighted by Crippen LogP contribution is 2.17. The van der Waals surface area contributed by atoms with Gasteiger partial charge in [-0.3, -0.25) is 0 Å². The molecule has 0 spiro atoms. The quantitative estimate of drug-likeness (QED) is 0.472. The van der Waals surface area contributed by atoms with Gasteiger partial charge in [0.1, 0.15) is 6.10 Å². The van der Waals surface area contributed by atoms with Gasteiger partial charge in [0.05, 0.1) is 6.61 Å². The zero-order chi connectivity index (χ0) is 8.43. The number of aliphatic hydroxyl groups is 2. The molecule has 0 radical (unpaired) electrons. The number of cyclic esters (lactones) is 1. The summed E-state index contributed by atoms with van der Waals surface area (Å²) in [7, 11) is 1.35. The maximum Gasteiger partial charge on any atom is 0.338 e. The van der Waals surface area contributed by atoms with Gasteiger partial charge in [0.25, 0.3) is 0 Å². The average Bonchev–Trinajstić information content (AvgIpc) is 2.28. The lowest BCUT2D eigenvalue weighted by Crippen LogP contribution is -2.34. The van der Waals surface area contributed by atoms with Crippen molar-refractivity contribution in [1.82, 2.24) is 0 Å². The second-order valence-electron chi connectivity index (χ2n) is 2.30. The molecular weight excluding hydrogens is 152 g/mol. The van der Waals surface area contributed by atoms with Gasteiger partial charge in [-0.05, 0) is 0 Å². The van der Waals surface area contributed by atoms with Gasteiger partial charge in [0.15, 0.2) is 12.2 Å². The summed E-state index contributed by atoms with van der Waals surface area (Å²) in [5.41, 5.74) is 0. The number of carbonyl (C=O) groups excluding carboxylic acids is 1. The summed E-state index contributed by atoms with van der Waals surface area (Å²) in [6.07, 6.45) is -2.74. The standard InChI is InChI=1S/C6H10O5/c1-10-5-3(2-7)11-6(9)4(5)8/h3-5,7-8H,2H2,1H3/t3-,4+,5-/m0/s1. The molecule has 1 aliphatic rings. The van der Waals surface area contributed by atoms with E-state index in [0.29, 0.717) is 0 Å². The number of hydrogen-bond donors (Lipinski definition) is 2. The second kappa shape index (κ2) is 3.17. The van der Waals surface area contributed by atoms with Gasteiger partial charge in [0.2, 0.25) is 0 Å². The van der Waals surface area contributed by atoms with E-state index in [1.165, 1.54) is 7.11 Å². The van der Waals surface area contributed by atoms with E-state index in [1.54, 1.807) is 0 Å². The molecule has 0 aromatic heterocycles. The summed E-state index contributed by atoms with van der Waals surface area (Å²) in [5, 5.41) is 17.7. The minimum atomic E-state index is -1.27. The SMILES string of the molecule is CO[C@H]1[C@H](CO)OC(=O)[C@@H]1O. The molecule has 1 heterocycles. The largest absolute Gasteiger partial charge is 0.455 e. The van der Waals surface area contributed by atoms with E-state index < -0.39 is 24.3 Å². The first-order valence-corrected chi connectivity index (χ1v) is 3.23. The predicted octanol–water partition coefficient (Wildman–Crippen LogP) is -1.72. The van der Waals surface area contributed by atoms with Crippen LogP contribution in [0.15, 0.2) is 0 Å². The Bertz CT molecular complexity index is 157. The molecule has 64 valence electrons. The van der Waals surface area contributed by atoms with Crippen molar-refractivity contribution < 1.29 is 24.5 Å². The lowest BCUT2D eigenvalue weighted by atomic mass is 10.1. The van der Waals surface area contributed by atoms with Gasteiger partial charge in [0, 0.05) is 7.11 Å². The summed E-state index contributed by atoms with van der Waals surface area (Å²) in [4.78, 5) is 10.6. The van der Waals surface area contributed by atoms with Crippen molar-refractivity contribution in [2.45, 2.75) is 18.3 Å². The minimum absolute atomic E-state index is 0.332. The molecule has 1 fully saturated rings. The number of esters is 1. The van der Waals surface area contributed by atoms with Crippen LogP contribution in [0.2, 0.25) is 0 Å². The molecule has 0 amide bonds. The number of hydrogen-bond acceptors (Lipinski definition) is 5. The number of methoxy groups -OCH3 is 1. The topological polar surface area (TPSA) is 76.0 Å². The summed E-state index contributed by atoms with van der Waals surface area (Å²) < 4.78 is 9.30. The average molecular weight is 162 g/mol. The Kier molecular flexibility index (Phi) is 2.43. The zero-order valence-corrected chi connectivity index (χ0v) is 6.06. The molecular formula is C6H10O5. The fourth-order valence-electron chi connectivity index (χ4n) is 1.05. The molecule has 0 bridgehead atoms. The molecule has 0 aliphatic carbocycles. The first-order valence-electron chi connectivity index (χ1n) is 3.23. The highest BCUT2D eigenvalue weighted by molar-refractivity contribution is 5.77. The van der Waals surface area contributed by atoms with Crippen LogP contribution in [-0.4, -0.2) is 48.2 Å². The summed E-state index contributed by atoms with van der Waals surface area (Å²) in [6.45, 7) is -0.332. The van der Waals surface area contributed by atoms with Gasteiger partial charge < -0.3 is 19.7 Å². The van der Waals surface area contributed by atoms with Crippen LogP contribution in [0, 0.1) is 0 Å². The lowest BCUT2D eigenvalue weighted by Gasteiger charge is -2.13. The predicted molar refractivity (Wildman–Crippen MR) is 33.8 cm³/mol. The molecule has 1 aliphatic heterocycles. The van der Waals surface area contributed by atoms with Gasteiger partial charge in [-0.2, -0.15) is 0 Å². The summed E-state index contributed by atoms with van der Waals surface area (Å²) >= 11 is 0. The van der Waals surface area contributed by atoms with E-state index in [0.717, 1.165) is 0 Å². The molecule has 0 aromatic carbocycles. The Morgan fingerprint density at radius 2 is 2.36 bits per heavy atom. The Labute approximate surface area is 63.5 Å². The van der Waals surface area contributed by atoms with E-state index in [2.05, 4.69) is 4.74 Å². The van der Waals surface area contributed by atoms with Crippen LogP contribution in [0.3, 0.4) is 0 Å². The smallest absolute Gasteiger partial charge is 0.338 e. The van der Waals surface area contributed by atoms with Crippen molar-refractivity contribution in [3.8, 4) is 0 Å².